The molecule has 0 saturated carbocycles. The molecule has 3 nitrogen and oxygen atoms in total. The Hall–Kier alpha value is -1.73. The molecule has 15 heavy (non-hydrogen) atoms. The van der Waals surface area contributed by atoms with E-state index in [0.29, 0.717) is 5.56 Å². The van der Waals surface area contributed by atoms with Crippen molar-refractivity contribution in [2.24, 2.45) is 0 Å². The molecule has 0 aliphatic carbocycles. The molecule has 0 radical (unpaired) electrons. The Morgan fingerprint density at radius 2 is 1.80 bits per heavy atom. The van der Waals surface area contributed by atoms with Crippen LogP contribution >= 0.6 is 0 Å². The molecule has 78 valence electrons. The van der Waals surface area contributed by atoms with E-state index >= 15 is 0 Å². The van der Waals surface area contributed by atoms with Crippen LogP contribution in [0.15, 0.2) is 24.3 Å². The van der Waals surface area contributed by atoms with Gasteiger partial charge < -0.3 is 5.53 Å². The van der Waals surface area contributed by atoms with Crippen LogP contribution < -0.4 is 0 Å². The van der Waals surface area contributed by atoms with Gasteiger partial charge in [-0.2, -0.15) is 4.79 Å². The molecular weight excluding hydrogens is 188 g/mol. The molecule has 1 aromatic rings. The number of carbonyl (C=O) groups excluding carboxylic acids is 1. The van der Waals surface area contributed by atoms with Crippen LogP contribution in [0.2, 0.25) is 0 Å². The van der Waals surface area contributed by atoms with E-state index in [4.69, 9.17) is 5.53 Å². The Balaban J connectivity index is 3.00. The molecular formula is C12H14N2O. The number of carbonyl (C=O) groups is 1. The molecule has 0 bridgehead atoms. The normalized spacial score (nSPS) is 10.6. The third kappa shape index (κ3) is 2.86. The number of benzene rings is 1. The second kappa shape index (κ2) is 4.20. The minimum absolute atomic E-state index is 0.0760. The Morgan fingerprint density at radius 1 is 1.27 bits per heavy atom. The van der Waals surface area contributed by atoms with Gasteiger partial charge in [-0.3, -0.25) is 4.79 Å². The van der Waals surface area contributed by atoms with E-state index in [1.807, 2.05) is 12.1 Å². The number of hydrogen-bond donors (Lipinski definition) is 0. The summed E-state index contributed by atoms with van der Waals surface area (Å²) in [4.78, 5) is 14.0. The van der Waals surface area contributed by atoms with Gasteiger partial charge in [0.15, 0.2) is 0 Å². The summed E-state index contributed by atoms with van der Waals surface area (Å²) in [6.45, 7) is 6.33. The van der Waals surface area contributed by atoms with E-state index in [-0.39, 0.29) is 11.2 Å². The largest absolute Gasteiger partial charge is 0.361 e. The Morgan fingerprint density at radius 3 is 2.20 bits per heavy atom. The van der Waals surface area contributed by atoms with Gasteiger partial charge in [0.1, 0.15) is 0 Å². The van der Waals surface area contributed by atoms with Crippen LogP contribution in [0.1, 0.15) is 36.7 Å². The third-order valence-electron chi connectivity index (χ3n) is 2.21. The molecule has 1 aromatic carbocycles. The summed E-state index contributed by atoms with van der Waals surface area (Å²) in [5.41, 5.74) is 10.0. The summed E-state index contributed by atoms with van der Waals surface area (Å²) in [6, 6.07) is 7.31. The fourth-order valence-corrected chi connectivity index (χ4v) is 1.26. The summed E-state index contributed by atoms with van der Waals surface area (Å²) >= 11 is 0. The Bertz CT molecular complexity index is 406. The molecule has 0 fully saturated rings. The maximum absolute atomic E-state index is 11.3. The van der Waals surface area contributed by atoms with Gasteiger partial charge in [0.25, 0.3) is 5.78 Å². The minimum Gasteiger partial charge on any atom is -0.361 e. The molecule has 0 saturated heterocycles. The van der Waals surface area contributed by atoms with Gasteiger partial charge in [-0.15, -0.1) is 0 Å². The number of nitrogens with zero attached hydrogens (tertiary/aromatic N) is 2. The Labute approximate surface area is 89.4 Å². The SMILES string of the molecule is CC(C)(C)c1ccc(C(=O)C=[N+]=[N-])cc1. The first-order valence-electron chi connectivity index (χ1n) is 4.77. The van der Waals surface area contributed by atoms with Crippen LogP contribution in [0.25, 0.3) is 5.53 Å². The van der Waals surface area contributed by atoms with E-state index in [9.17, 15) is 4.79 Å². The molecule has 0 N–H and O–H groups in total. The standard InChI is InChI=1S/C12H14N2O/c1-12(2,3)10-6-4-9(5-7-10)11(15)8-14-13/h4-8H,1-3H3. The molecule has 1 rings (SSSR count). The van der Waals surface area contributed by atoms with Crippen LogP contribution in [0.5, 0.6) is 0 Å². The summed E-state index contributed by atoms with van der Waals surface area (Å²) in [5, 5.41) is 0. The molecule has 0 aromatic heterocycles. The summed E-state index contributed by atoms with van der Waals surface area (Å²) in [7, 11) is 0. The maximum Gasteiger partial charge on any atom is 0.328 e. The van der Waals surface area contributed by atoms with Crippen molar-refractivity contribution in [3.8, 4) is 0 Å². The predicted molar refractivity (Wildman–Crippen MR) is 59.2 cm³/mol. The van der Waals surface area contributed by atoms with E-state index in [1.54, 1.807) is 12.1 Å². The predicted octanol–water partition coefficient (Wildman–Crippen LogP) is 2.47. The van der Waals surface area contributed by atoms with Crippen molar-refractivity contribution in [2.45, 2.75) is 26.2 Å². The molecule has 0 spiro atoms. The molecule has 3 heteroatoms. The number of ketones is 1. The van der Waals surface area contributed by atoms with E-state index < -0.39 is 0 Å². The second-order valence-electron chi connectivity index (χ2n) is 4.44. The van der Waals surface area contributed by atoms with E-state index in [2.05, 4.69) is 25.6 Å². The topological polar surface area (TPSA) is 53.5 Å². The van der Waals surface area contributed by atoms with Gasteiger partial charge >= 0.3 is 6.21 Å². The van der Waals surface area contributed by atoms with E-state index in [0.717, 1.165) is 6.21 Å². The Kier molecular flexibility index (Phi) is 3.17. The summed E-state index contributed by atoms with van der Waals surface area (Å²) in [5.74, 6) is -0.294. The van der Waals surface area contributed by atoms with Gasteiger partial charge in [0, 0.05) is 5.56 Å². The van der Waals surface area contributed by atoms with Crippen molar-refractivity contribution in [2.75, 3.05) is 0 Å². The second-order valence-corrected chi connectivity index (χ2v) is 4.44. The van der Waals surface area contributed by atoms with Crippen molar-refractivity contribution in [1.29, 1.82) is 0 Å². The van der Waals surface area contributed by atoms with Gasteiger partial charge in [-0.25, -0.2) is 0 Å². The van der Waals surface area contributed by atoms with Crippen molar-refractivity contribution < 1.29 is 9.58 Å². The van der Waals surface area contributed by atoms with Crippen molar-refractivity contribution in [3.63, 3.8) is 0 Å². The average Bonchev–Trinajstić information content (AvgIpc) is 2.17. The fraction of sp³-hybridized carbons (Fsp3) is 0.333. The highest BCUT2D eigenvalue weighted by Crippen LogP contribution is 2.22. The molecule has 0 aliphatic rings. The first kappa shape index (κ1) is 11.3. The molecule has 0 unspecified atom stereocenters. The van der Waals surface area contributed by atoms with Crippen molar-refractivity contribution >= 4 is 12.0 Å². The zero-order valence-corrected chi connectivity index (χ0v) is 9.19. The quantitative estimate of drug-likeness (QED) is 0.314. The van der Waals surface area contributed by atoms with Gasteiger partial charge in [0.05, 0.1) is 0 Å². The van der Waals surface area contributed by atoms with Crippen LogP contribution in [-0.2, 0) is 5.41 Å². The van der Waals surface area contributed by atoms with Crippen molar-refractivity contribution in [1.82, 2.24) is 0 Å². The van der Waals surface area contributed by atoms with Gasteiger partial charge in [-0.1, -0.05) is 45.0 Å². The summed E-state index contributed by atoms with van der Waals surface area (Å²) < 4.78 is 0. The third-order valence-corrected chi connectivity index (χ3v) is 2.21. The first-order valence-corrected chi connectivity index (χ1v) is 4.77. The lowest BCUT2D eigenvalue weighted by atomic mass is 9.86. The van der Waals surface area contributed by atoms with Crippen LogP contribution in [-0.4, -0.2) is 16.8 Å². The van der Waals surface area contributed by atoms with E-state index in [1.165, 1.54) is 5.56 Å². The van der Waals surface area contributed by atoms with Gasteiger partial charge in [0.2, 0.25) is 0 Å². The van der Waals surface area contributed by atoms with Crippen LogP contribution in [0, 0.1) is 0 Å². The minimum atomic E-state index is -0.294. The van der Waals surface area contributed by atoms with Crippen LogP contribution in [0.3, 0.4) is 0 Å². The average molecular weight is 202 g/mol. The molecule has 0 atom stereocenters. The lowest BCUT2D eigenvalue weighted by molar-refractivity contribution is 0.00235. The lowest BCUT2D eigenvalue weighted by Gasteiger charge is -2.18. The maximum atomic E-state index is 11.3. The lowest BCUT2D eigenvalue weighted by Crippen LogP contribution is -2.11. The fourth-order valence-electron chi connectivity index (χ4n) is 1.26. The monoisotopic (exact) mass is 202 g/mol. The molecule has 0 heterocycles. The smallest absolute Gasteiger partial charge is 0.328 e. The number of Topliss-reactive ketones (excluding diaryl/α,β-unsaturated/α-hetero) is 1. The zero-order chi connectivity index (χ0) is 11.5. The van der Waals surface area contributed by atoms with Crippen molar-refractivity contribution in [3.05, 3.63) is 40.9 Å². The molecule has 0 amide bonds. The van der Waals surface area contributed by atoms with Gasteiger partial charge in [-0.05, 0) is 11.0 Å². The zero-order valence-electron chi connectivity index (χ0n) is 9.19. The highest BCUT2D eigenvalue weighted by molar-refractivity contribution is 6.33. The number of hydrogen-bond acceptors (Lipinski definition) is 1. The molecule has 0 aliphatic heterocycles. The number of rotatable bonds is 2. The first-order chi connectivity index (χ1) is 6.95. The highest BCUT2D eigenvalue weighted by Gasteiger charge is 2.14. The van der Waals surface area contributed by atoms with Crippen LogP contribution in [0.4, 0.5) is 0 Å². The highest BCUT2D eigenvalue weighted by atomic mass is 16.1. The summed E-state index contributed by atoms with van der Waals surface area (Å²) in [6.07, 6.45) is 0.895.